The number of carboxylic acid groups (broad SMARTS) is 1. The minimum absolute atomic E-state index is 0.0472. The highest BCUT2D eigenvalue weighted by Gasteiger charge is 2.60. The van der Waals surface area contributed by atoms with E-state index in [2.05, 4.69) is 17.2 Å². The van der Waals surface area contributed by atoms with Crippen LogP contribution in [-0.2, 0) is 22.4 Å². The van der Waals surface area contributed by atoms with Gasteiger partial charge in [-0.25, -0.2) is 4.98 Å². The molecule has 6 rings (SSSR count). The van der Waals surface area contributed by atoms with Crippen LogP contribution in [0.4, 0.5) is 5.82 Å². The number of pyridine rings is 1. The van der Waals surface area contributed by atoms with Gasteiger partial charge < -0.3 is 60.6 Å². The molecule has 0 radical (unpaired) electrons. The fourth-order valence-electron chi connectivity index (χ4n) is 10.1. The Kier molecular flexibility index (Phi) is 13.2. The van der Waals surface area contributed by atoms with Crippen LogP contribution in [-0.4, -0.2) is 93.0 Å². The SMILES string of the molecule is COc1cc(C2OC(CCc3ccc(O)c(OCO)c3)CC(O)C2CCO)cc(OCC2NC(C)CC3(CCCC3)C2(CC(=O)O)Cc2ccnc(N)c2)c1O. The molecular formula is C42H57N3O11. The first-order chi connectivity index (χ1) is 26.9. The lowest BCUT2D eigenvalue weighted by atomic mass is 9.51. The number of methoxy groups -OCH3 is 1. The molecule has 0 amide bonds. The summed E-state index contributed by atoms with van der Waals surface area (Å²) in [5.41, 5.74) is 7.41. The summed E-state index contributed by atoms with van der Waals surface area (Å²) in [6.07, 6.45) is 6.41. The zero-order valence-corrected chi connectivity index (χ0v) is 32.2. The average molecular weight is 780 g/mol. The maximum absolute atomic E-state index is 12.8. The van der Waals surface area contributed by atoms with Gasteiger partial charge in [0.2, 0.25) is 5.75 Å². The molecule has 14 nitrogen and oxygen atoms in total. The van der Waals surface area contributed by atoms with Gasteiger partial charge in [0.1, 0.15) is 12.4 Å². The molecule has 3 heterocycles. The molecule has 1 saturated carbocycles. The first-order valence-electron chi connectivity index (χ1n) is 19.6. The second-order valence-corrected chi connectivity index (χ2v) is 16.0. The molecule has 1 aromatic heterocycles. The van der Waals surface area contributed by atoms with Crippen molar-refractivity contribution < 1.29 is 54.4 Å². The number of anilines is 1. The van der Waals surface area contributed by atoms with Gasteiger partial charge in [-0.3, -0.25) is 4.79 Å². The molecule has 2 saturated heterocycles. The van der Waals surface area contributed by atoms with Crippen molar-refractivity contribution in [1.82, 2.24) is 10.3 Å². The Balaban J connectivity index is 1.30. The number of rotatable bonds is 16. The molecule has 7 atom stereocenters. The lowest BCUT2D eigenvalue weighted by molar-refractivity contribution is -0.148. The number of aromatic nitrogens is 1. The number of hydrogen-bond donors (Lipinski definition) is 8. The van der Waals surface area contributed by atoms with Crippen molar-refractivity contribution in [2.75, 3.05) is 32.9 Å². The average Bonchev–Trinajstić information content (AvgIpc) is 3.63. The van der Waals surface area contributed by atoms with Gasteiger partial charge in [0.15, 0.2) is 29.8 Å². The van der Waals surface area contributed by atoms with Crippen LogP contribution in [0.3, 0.4) is 0 Å². The summed E-state index contributed by atoms with van der Waals surface area (Å²) in [6.45, 7) is 1.42. The maximum atomic E-state index is 12.8. The van der Waals surface area contributed by atoms with Crippen LogP contribution in [0, 0.1) is 16.7 Å². The summed E-state index contributed by atoms with van der Waals surface area (Å²) in [4.78, 5) is 17.0. The molecule has 2 aromatic carbocycles. The molecule has 3 aliphatic rings. The van der Waals surface area contributed by atoms with Crippen LogP contribution < -0.4 is 25.3 Å². The molecule has 0 bridgehead atoms. The summed E-state index contributed by atoms with van der Waals surface area (Å²) >= 11 is 0. The first kappa shape index (κ1) is 41.3. The molecule has 306 valence electrons. The minimum Gasteiger partial charge on any atom is -0.504 e. The Hall–Kier alpha value is -4.34. The number of aliphatic carboxylic acids is 1. The third-order valence-corrected chi connectivity index (χ3v) is 12.5. The number of nitrogens with one attached hydrogen (secondary N) is 1. The number of hydrogen-bond acceptors (Lipinski definition) is 13. The maximum Gasteiger partial charge on any atom is 0.304 e. The van der Waals surface area contributed by atoms with E-state index in [9.17, 15) is 35.4 Å². The summed E-state index contributed by atoms with van der Waals surface area (Å²) < 4.78 is 24.0. The Labute approximate surface area is 327 Å². The number of aliphatic hydroxyl groups excluding tert-OH is 3. The summed E-state index contributed by atoms with van der Waals surface area (Å²) in [7, 11) is 1.44. The number of aromatic hydroxyl groups is 2. The van der Waals surface area contributed by atoms with E-state index in [-0.39, 0.29) is 72.4 Å². The van der Waals surface area contributed by atoms with Crippen LogP contribution >= 0.6 is 0 Å². The molecule has 14 heteroatoms. The number of phenolic OH excluding ortho intramolecular Hbond substituents is 2. The zero-order valence-electron chi connectivity index (χ0n) is 32.2. The van der Waals surface area contributed by atoms with Crippen molar-refractivity contribution in [1.29, 1.82) is 0 Å². The molecule has 2 aliphatic heterocycles. The molecule has 1 spiro atoms. The Morgan fingerprint density at radius 1 is 1.02 bits per heavy atom. The number of aliphatic hydroxyl groups is 3. The molecule has 3 aromatic rings. The van der Waals surface area contributed by atoms with Gasteiger partial charge in [-0.05, 0) is 117 Å². The topological polar surface area (TPSA) is 226 Å². The van der Waals surface area contributed by atoms with E-state index in [4.69, 9.17) is 24.7 Å². The number of benzene rings is 2. The number of ether oxygens (including phenoxy) is 4. The number of carbonyl (C=O) groups is 1. The second-order valence-electron chi connectivity index (χ2n) is 16.0. The fraction of sp³-hybridized carbons (Fsp3) is 0.571. The van der Waals surface area contributed by atoms with Crippen molar-refractivity contribution in [3.05, 3.63) is 65.4 Å². The van der Waals surface area contributed by atoms with Gasteiger partial charge in [-0.2, -0.15) is 0 Å². The van der Waals surface area contributed by atoms with E-state index >= 15 is 0 Å². The van der Waals surface area contributed by atoms with E-state index in [1.165, 1.54) is 13.2 Å². The van der Waals surface area contributed by atoms with E-state index < -0.39 is 42.3 Å². The highest BCUT2D eigenvalue weighted by atomic mass is 16.6. The summed E-state index contributed by atoms with van der Waals surface area (Å²) in [5.74, 6) is -0.881. The van der Waals surface area contributed by atoms with Crippen LogP contribution in [0.2, 0.25) is 0 Å². The molecule has 1 aliphatic carbocycles. The predicted molar refractivity (Wildman–Crippen MR) is 207 cm³/mol. The highest BCUT2D eigenvalue weighted by molar-refractivity contribution is 5.68. The first-order valence-corrected chi connectivity index (χ1v) is 19.6. The Morgan fingerprint density at radius 2 is 1.79 bits per heavy atom. The van der Waals surface area contributed by atoms with Crippen LogP contribution in [0.5, 0.6) is 28.7 Å². The van der Waals surface area contributed by atoms with Crippen LogP contribution in [0.1, 0.15) is 87.5 Å². The number of nitrogens with zero attached hydrogens (tertiary/aromatic N) is 1. The van der Waals surface area contributed by atoms with E-state index in [1.807, 2.05) is 12.1 Å². The third-order valence-electron chi connectivity index (χ3n) is 12.5. The van der Waals surface area contributed by atoms with Crippen molar-refractivity contribution in [3.63, 3.8) is 0 Å². The van der Waals surface area contributed by atoms with Crippen molar-refractivity contribution in [2.24, 2.45) is 16.7 Å². The highest BCUT2D eigenvalue weighted by Crippen LogP contribution is 2.61. The summed E-state index contributed by atoms with van der Waals surface area (Å²) in [6, 6.07) is 11.6. The molecule has 7 unspecified atom stereocenters. The van der Waals surface area contributed by atoms with E-state index in [1.54, 1.807) is 30.5 Å². The number of carboxylic acids is 1. The van der Waals surface area contributed by atoms with Gasteiger partial charge in [0, 0.05) is 36.2 Å². The van der Waals surface area contributed by atoms with E-state index in [0.29, 0.717) is 37.1 Å². The van der Waals surface area contributed by atoms with E-state index in [0.717, 1.165) is 43.2 Å². The number of nitrogen functional groups attached to an aromatic ring is 1. The second kappa shape index (κ2) is 17.9. The predicted octanol–water partition coefficient (Wildman–Crippen LogP) is 4.63. The largest absolute Gasteiger partial charge is 0.504 e. The van der Waals surface area contributed by atoms with Gasteiger partial charge in [-0.15, -0.1) is 0 Å². The van der Waals surface area contributed by atoms with Gasteiger partial charge in [-0.1, -0.05) is 18.9 Å². The Morgan fingerprint density at radius 3 is 2.48 bits per heavy atom. The zero-order chi connectivity index (χ0) is 40.0. The molecule has 3 fully saturated rings. The lowest BCUT2D eigenvalue weighted by Gasteiger charge is -2.58. The van der Waals surface area contributed by atoms with Gasteiger partial charge in [0.05, 0.1) is 31.8 Å². The van der Waals surface area contributed by atoms with Crippen molar-refractivity contribution in [2.45, 2.75) is 108 Å². The lowest BCUT2D eigenvalue weighted by Crippen LogP contribution is -2.65. The smallest absolute Gasteiger partial charge is 0.304 e. The standard InChI is InChI=1S/C42H57N3O11/c1-25-20-41(11-3-4-12-41)42(22-38(50)51,21-27-9-13-44-37(43)16-27)36(45-25)23-54-35-18-28(17-34(53-2)39(35)52)40-30(10-14-46)32(49)19-29(56-40)7-5-26-6-8-31(48)33(15-26)55-24-47/h6,8-9,13,15-18,25,29-30,32,36,40,45-49,52H,3-5,7,10-12,14,19-24H2,1-2H3,(H2,43,44)(H,50,51). The molecule has 9 N–H and O–H groups in total. The molecular weight excluding hydrogens is 722 g/mol. The molecule has 56 heavy (non-hydrogen) atoms. The van der Waals surface area contributed by atoms with Crippen molar-refractivity contribution >= 4 is 11.8 Å². The number of piperidine rings is 1. The van der Waals surface area contributed by atoms with Gasteiger partial charge >= 0.3 is 5.97 Å². The Bertz CT molecular complexity index is 1800. The number of aryl methyl sites for hydroxylation is 1. The van der Waals surface area contributed by atoms with Gasteiger partial charge in [0.25, 0.3) is 0 Å². The van der Waals surface area contributed by atoms with Crippen LogP contribution in [0.15, 0.2) is 48.7 Å². The number of phenols is 2. The fourth-order valence-corrected chi connectivity index (χ4v) is 10.1. The minimum atomic E-state index is -0.895. The number of nitrogens with two attached hydrogens (primary N) is 1. The third kappa shape index (κ3) is 8.79. The quantitative estimate of drug-likeness (QED) is 0.0929. The normalized spacial score (nSPS) is 27.2. The van der Waals surface area contributed by atoms with Crippen LogP contribution in [0.25, 0.3) is 0 Å². The monoisotopic (exact) mass is 779 g/mol. The van der Waals surface area contributed by atoms with Crippen molar-refractivity contribution in [3.8, 4) is 28.7 Å². The summed E-state index contributed by atoms with van der Waals surface area (Å²) in [5, 5.41) is 66.3.